The van der Waals surface area contributed by atoms with Crippen LogP contribution in [-0.2, 0) is 9.59 Å². The second-order valence-corrected chi connectivity index (χ2v) is 5.59. The number of hydrogen-bond donors (Lipinski definition) is 0. The van der Waals surface area contributed by atoms with Crippen molar-refractivity contribution in [3.05, 3.63) is 48.6 Å². The maximum atomic E-state index is 11.6. The van der Waals surface area contributed by atoms with Crippen molar-refractivity contribution in [3.8, 4) is 5.75 Å². The summed E-state index contributed by atoms with van der Waals surface area (Å²) in [4.78, 5) is 23.8. The van der Waals surface area contributed by atoms with Crippen molar-refractivity contribution >= 4 is 33.6 Å². The highest BCUT2D eigenvalue weighted by molar-refractivity contribution is 8.13. The fourth-order valence-electron chi connectivity index (χ4n) is 1.77. The fourth-order valence-corrected chi connectivity index (χ4v) is 2.52. The zero-order valence-corrected chi connectivity index (χ0v) is 12.1. The summed E-state index contributed by atoms with van der Waals surface area (Å²) >= 11 is 1.16. The quantitative estimate of drug-likeness (QED) is 0.371. The van der Waals surface area contributed by atoms with Gasteiger partial charge >= 0.3 is 5.97 Å². The summed E-state index contributed by atoms with van der Waals surface area (Å²) in [6.45, 7) is 6.69. The largest absolute Gasteiger partial charge is 0.423 e. The summed E-state index contributed by atoms with van der Waals surface area (Å²) in [7, 11) is 0. The fraction of sp³-hybridized carbons (Fsp3) is 0.125. The van der Waals surface area contributed by atoms with Crippen LogP contribution >= 0.6 is 11.8 Å². The molecule has 0 bridgehead atoms. The first-order valence-electron chi connectivity index (χ1n) is 6.07. The van der Waals surface area contributed by atoms with Gasteiger partial charge in [0.05, 0.1) is 0 Å². The van der Waals surface area contributed by atoms with Crippen LogP contribution in [0.15, 0.2) is 53.4 Å². The van der Waals surface area contributed by atoms with E-state index >= 15 is 0 Å². The van der Waals surface area contributed by atoms with Crippen molar-refractivity contribution in [3.63, 3.8) is 0 Å². The normalized spacial score (nSPS) is 10.3. The molecule has 2 aromatic rings. The van der Waals surface area contributed by atoms with Gasteiger partial charge in [-0.05, 0) is 24.4 Å². The molecule has 2 aromatic carbocycles. The Balaban J connectivity index is 2.50. The molecule has 0 saturated carbocycles. The van der Waals surface area contributed by atoms with E-state index in [2.05, 4.69) is 6.58 Å². The Kier molecular flexibility index (Phi) is 4.25. The van der Waals surface area contributed by atoms with Crippen molar-refractivity contribution in [2.75, 3.05) is 0 Å². The van der Waals surface area contributed by atoms with Crippen molar-refractivity contribution < 1.29 is 14.3 Å². The predicted molar refractivity (Wildman–Crippen MR) is 80.9 cm³/mol. The topological polar surface area (TPSA) is 43.4 Å². The number of thioether (sulfide) groups is 1. The van der Waals surface area contributed by atoms with Gasteiger partial charge in [-0.3, -0.25) is 4.79 Å². The number of fused-ring (bicyclic) bond motifs is 1. The number of ether oxygens (including phenoxy) is 1. The SMILES string of the molecule is C=C(C)C(=O)Oc1cccc2c(SC(C)=O)cccc12. The van der Waals surface area contributed by atoms with Crippen molar-refractivity contribution in [1.29, 1.82) is 0 Å². The standard InChI is InChI=1S/C16H14O3S/c1-10(2)16(18)19-14-8-4-7-13-12(14)6-5-9-15(13)20-11(3)17/h4-9H,1H2,2-3H3. The molecule has 102 valence electrons. The number of rotatable bonds is 3. The van der Waals surface area contributed by atoms with Crippen LogP contribution in [0.2, 0.25) is 0 Å². The molecule has 3 nitrogen and oxygen atoms in total. The molecule has 0 aliphatic heterocycles. The third-order valence-corrected chi connectivity index (χ3v) is 3.51. The highest BCUT2D eigenvalue weighted by Gasteiger charge is 2.11. The Morgan fingerprint density at radius 2 is 1.70 bits per heavy atom. The lowest BCUT2D eigenvalue weighted by Gasteiger charge is -2.09. The highest BCUT2D eigenvalue weighted by atomic mass is 32.2. The molecule has 0 atom stereocenters. The Bertz CT molecular complexity index is 704. The molecule has 0 heterocycles. The van der Waals surface area contributed by atoms with Crippen LogP contribution in [0.25, 0.3) is 10.8 Å². The summed E-state index contributed by atoms with van der Waals surface area (Å²) < 4.78 is 5.32. The third kappa shape index (κ3) is 3.08. The van der Waals surface area contributed by atoms with Crippen LogP contribution in [0.1, 0.15) is 13.8 Å². The lowest BCUT2D eigenvalue weighted by molar-refractivity contribution is -0.130. The minimum absolute atomic E-state index is 0.0156. The number of carbonyl (C=O) groups is 2. The van der Waals surface area contributed by atoms with Gasteiger partial charge in [0.25, 0.3) is 0 Å². The summed E-state index contributed by atoms with van der Waals surface area (Å²) in [6, 6.07) is 11.0. The number of hydrogen-bond acceptors (Lipinski definition) is 4. The molecular weight excluding hydrogens is 272 g/mol. The Hall–Kier alpha value is -2.07. The van der Waals surface area contributed by atoms with E-state index in [1.54, 1.807) is 19.1 Å². The molecule has 0 fully saturated rings. The third-order valence-electron chi connectivity index (χ3n) is 2.65. The average molecular weight is 286 g/mol. The zero-order valence-electron chi connectivity index (χ0n) is 11.3. The van der Waals surface area contributed by atoms with Crippen LogP contribution in [0, 0.1) is 0 Å². The minimum Gasteiger partial charge on any atom is -0.423 e. The predicted octanol–water partition coefficient (Wildman–Crippen LogP) is 3.96. The first-order valence-corrected chi connectivity index (χ1v) is 6.88. The molecule has 0 spiro atoms. The summed E-state index contributed by atoms with van der Waals surface area (Å²) in [6.07, 6.45) is 0. The molecule has 4 heteroatoms. The van der Waals surface area contributed by atoms with Crippen molar-refractivity contribution in [1.82, 2.24) is 0 Å². The summed E-state index contributed by atoms with van der Waals surface area (Å²) in [5.41, 5.74) is 0.344. The number of carbonyl (C=O) groups excluding carboxylic acids is 2. The smallest absolute Gasteiger partial charge is 0.338 e. The van der Waals surface area contributed by atoms with E-state index in [1.807, 2.05) is 24.3 Å². The molecule has 0 aliphatic rings. The molecule has 20 heavy (non-hydrogen) atoms. The van der Waals surface area contributed by atoms with Gasteiger partial charge in [0.15, 0.2) is 5.12 Å². The van der Waals surface area contributed by atoms with Gasteiger partial charge in [-0.15, -0.1) is 0 Å². The van der Waals surface area contributed by atoms with E-state index in [-0.39, 0.29) is 5.12 Å². The summed E-state index contributed by atoms with van der Waals surface area (Å²) in [5.74, 6) is 0.0172. The van der Waals surface area contributed by atoms with Crippen LogP contribution in [0.5, 0.6) is 5.75 Å². The van der Waals surface area contributed by atoms with Gasteiger partial charge in [-0.25, -0.2) is 4.79 Å². The van der Waals surface area contributed by atoms with E-state index in [1.165, 1.54) is 6.92 Å². The second-order valence-electron chi connectivity index (χ2n) is 4.37. The van der Waals surface area contributed by atoms with Gasteiger partial charge in [0.1, 0.15) is 5.75 Å². The molecular formula is C16H14O3S. The van der Waals surface area contributed by atoms with Gasteiger partial charge in [0, 0.05) is 22.8 Å². The van der Waals surface area contributed by atoms with Gasteiger partial charge < -0.3 is 4.74 Å². The van der Waals surface area contributed by atoms with E-state index in [0.717, 1.165) is 27.4 Å². The van der Waals surface area contributed by atoms with E-state index < -0.39 is 5.97 Å². The monoisotopic (exact) mass is 286 g/mol. The van der Waals surface area contributed by atoms with Crippen LogP contribution in [0.4, 0.5) is 0 Å². The highest BCUT2D eigenvalue weighted by Crippen LogP contribution is 2.33. The summed E-state index contributed by atoms with van der Waals surface area (Å²) in [5, 5.41) is 1.70. The van der Waals surface area contributed by atoms with Gasteiger partial charge in [-0.1, -0.05) is 42.6 Å². The van der Waals surface area contributed by atoms with Crippen LogP contribution in [-0.4, -0.2) is 11.1 Å². The maximum absolute atomic E-state index is 11.6. The minimum atomic E-state index is -0.456. The van der Waals surface area contributed by atoms with Crippen molar-refractivity contribution in [2.24, 2.45) is 0 Å². The molecule has 0 aromatic heterocycles. The van der Waals surface area contributed by atoms with Gasteiger partial charge in [-0.2, -0.15) is 0 Å². The first kappa shape index (κ1) is 14.3. The zero-order chi connectivity index (χ0) is 14.7. The van der Waals surface area contributed by atoms with E-state index in [4.69, 9.17) is 4.74 Å². The average Bonchev–Trinajstić information content (AvgIpc) is 2.39. The van der Waals surface area contributed by atoms with Crippen LogP contribution < -0.4 is 4.74 Å². The molecule has 2 rings (SSSR count). The molecule has 0 radical (unpaired) electrons. The van der Waals surface area contributed by atoms with Gasteiger partial charge in [0.2, 0.25) is 0 Å². The first-order chi connectivity index (χ1) is 9.49. The number of benzene rings is 2. The van der Waals surface area contributed by atoms with E-state index in [9.17, 15) is 9.59 Å². The maximum Gasteiger partial charge on any atom is 0.338 e. The molecule has 0 aliphatic carbocycles. The van der Waals surface area contributed by atoms with Crippen LogP contribution in [0.3, 0.4) is 0 Å². The lowest BCUT2D eigenvalue weighted by Crippen LogP contribution is -2.08. The Morgan fingerprint density at radius 3 is 2.35 bits per heavy atom. The lowest BCUT2D eigenvalue weighted by atomic mass is 10.1. The van der Waals surface area contributed by atoms with Crippen molar-refractivity contribution in [2.45, 2.75) is 18.7 Å². The molecule has 0 saturated heterocycles. The Morgan fingerprint density at radius 1 is 1.05 bits per heavy atom. The Labute approximate surface area is 121 Å². The van der Waals surface area contributed by atoms with E-state index in [0.29, 0.717) is 11.3 Å². The second kappa shape index (κ2) is 5.92. The molecule has 0 N–H and O–H groups in total. The molecule has 0 amide bonds. The molecule has 0 unspecified atom stereocenters. The number of esters is 1.